The number of nitrogens with one attached hydrogen (secondary N) is 1. The van der Waals surface area contributed by atoms with Crippen LogP contribution < -0.4 is 5.32 Å². The van der Waals surface area contributed by atoms with Crippen LogP contribution in [-0.2, 0) is 14.3 Å². The lowest BCUT2D eigenvalue weighted by Crippen LogP contribution is -2.60. The highest BCUT2D eigenvalue weighted by atomic mass is 16.7. The lowest BCUT2D eigenvalue weighted by molar-refractivity contribution is -0.302. The zero-order valence-corrected chi connectivity index (χ0v) is 42.2. The molecule has 0 aromatic heterocycles. The number of aliphatic hydroxyl groups is 5. The molecule has 0 aromatic rings. The van der Waals surface area contributed by atoms with Gasteiger partial charge in [0.05, 0.1) is 25.4 Å². The molecular weight excluding hydrogens is 863 g/mol. The third-order valence-electron chi connectivity index (χ3n) is 10.8. The summed E-state index contributed by atoms with van der Waals surface area (Å²) in [5.74, 6) is -0.236. The summed E-state index contributed by atoms with van der Waals surface area (Å²) >= 11 is 0. The van der Waals surface area contributed by atoms with Gasteiger partial charge in [0.1, 0.15) is 24.4 Å². The van der Waals surface area contributed by atoms with Gasteiger partial charge in [0, 0.05) is 6.42 Å². The SMILES string of the molecule is C/C=C/CC/C=C/CC/C=C/C(O)C(COC1OC(CO)C(O)C(O)C1O)NC(=O)CCCCC/C=C\C/C=C\C/C=C\C/C=C\C/C=C\C/C=C\C/C=C\C/C=C\C/C=C\C/C=C\C/C=C\CC. The molecule has 1 heterocycles. The Morgan fingerprint density at radius 1 is 0.522 bits per heavy atom. The first-order valence-electron chi connectivity index (χ1n) is 25.8. The van der Waals surface area contributed by atoms with Crippen LogP contribution in [-0.4, -0.2) is 87.5 Å². The van der Waals surface area contributed by atoms with Crippen LogP contribution in [0.2, 0.25) is 0 Å². The lowest BCUT2D eigenvalue weighted by Gasteiger charge is -2.40. The summed E-state index contributed by atoms with van der Waals surface area (Å²) < 4.78 is 11.1. The fraction of sp³-hybridized carbons (Fsp3) is 0.517. The zero-order chi connectivity index (χ0) is 50.1. The van der Waals surface area contributed by atoms with Gasteiger partial charge in [-0.25, -0.2) is 0 Å². The molecule has 7 atom stereocenters. The number of hydrogen-bond donors (Lipinski definition) is 6. The number of allylic oxidation sites excluding steroid dienone is 27. The van der Waals surface area contributed by atoms with Crippen molar-refractivity contribution in [2.75, 3.05) is 13.2 Å². The maximum atomic E-state index is 12.9. The fourth-order valence-electron chi connectivity index (χ4n) is 6.78. The van der Waals surface area contributed by atoms with Crippen molar-refractivity contribution in [1.82, 2.24) is 5.32 Å². The van der Waals surface area contributed by atoms with Crippen molar-refractivity contribution in [1.29, 1.82) is 0 Å². The van der Waals surface area contributed by atoms with Gasteiger partial charge >= 0.3 is 0 Å². The van der Waals surface area contributed by atoms with Crippen LogP contribution in [0.4, 0.5) is 0 Å². The van der Waals surface area contributed by atoms with Crippen LogP contribution in [0, 0.1) is 0 Å². The Balaban J connectivity index is 2.22. The van der Waals surface area contributed by atoms with Crippen molar-refractivity contribution < 1.29 is 39.8 Å². The summed E-state index contributed by atoms with van der Waals surface area (Å²) in [7, 11) is 0. The smallest absolute Gasteiger partial charge is 0.220 e. The maximum absolute atomic E-state index is 12.9. The highest BCUT2D eigenvalue weighted by Gasteiger charge is 2.44. The van der Waals surface area contributed by atoms with Gasteiger partial charge in [-0.2, -0.15) is 0 Å². The van der Waals surface area contributed by atoms with Gasteiger partial charge in [-0.05, 0) is 122 Å². The number of aliphatic hydroxyl groups excluding tert-OH is 5. The van der Waals surface area contributed by atoms with E-state index in [-0.39, 0.29) is 18.9 Å². The summed E-state index contributed by atoms with van der Waals surface area (Å²) in [5, 5.41) is 54.0. The quantitative estimate of drug-likeness (QED) is 0.0263. The molecule has 0 radical (unpaired) electrons. The molecule has 1 rings (SSSR count). The molecule has 1 fully saturated rings. The number of carbonyl (C=O) groups is 1. The number of rotatable bonds is 40. The molecule has 1 aliphatic heterocycles. The van der Waals surface area contributed by atoms with E-state index in [0.29, 0.717) is 12.8 Å². The highest BCUT2D eigenvalue weighted by molar-refractivity contribution is 5.76. The minimum absolute atomic E-state index is 0.233. The molecular formula is C60H91NO8. The molecule has 1 amide bonds. The second-order valence-electron chi connectivity index (χ2n) is 16.9. The average molecular weight is 954 g/mol. The van der Waals surface area contributed by atoms with Crippen molar-refractivity contribution in [2.45, 2.75) is 185 Å². The molecule has 0 bridgehead atoms. The van der Waals surface area contributed by atoms with Gasteiger partial charge in [-0.3, -0.25) is 4.79 Å². The van der Waals surface area contributed by atoms with E-state index in [1.54, 1.807) is 6.08 Å². The highest BCUT2D eigenvalue weighted by Crippen LogP contribution is 2.22. The largest absolute Gasteiger partial charge is 0.394 e. The Bertz CT molecular complexity index is 1670. The van der Waals surface area contributed by atoms with Crippen LogP contribution in [0.3, 0.4) is 0 Å². The van der Waals surface area contributed by atoms with Crippen molar-refractivity contribution in [2.24, 2.45) is 0 Å². The first kappa shape index (κ1) is 62.6. The Morgan fingerprint density at radius 3 is 1.36 bits per heavy atom. The van der Waals surface area contributed by atoms with E-state index >= 15 is 0 Å². The Hall–Kier alpha value is -4.45. The first-order valence-corrected chi connectivity index (χ1v) is 25.8. The molecule has 384 valence electrons. The Labute approximate surface area is 418 Å². The summed E-state index contributed by atoms with van der Waals surface area (Å²) in [6, 6.07) is -0.857. The van der Waals surface area contributed by atoms with E-state index in [4.69, 9.17) is 9.47 Å². The van der Waals surface area contributed by atoms with Crippen molar-refractivity contribution >= 4 is 5.91 Å². The monoisotopic (exact) mass is 954 g/mol. The summed E-state index contributed by atoms with van der Waals surface area (Å²) in [4.78, 5) is 12.9. The topological polar surface area (TPSA) is 149 Å². The van der Waals surface area contributed by atoms with Crippen LogP contribution in [0.25, 0.3) is 0 Å². The Kier molecular flexibility index (Phi) is 42.8. The van der Waals surface area contributed by atoms with E-state index in [1.165, 1.54) is 0 Å². The molecule has 0 aliphatic carbocycles. The summed E-state index contributed by atoms with van der Waals surface area (Å²) in [6.07, 6.45) is 70.2. The van der Waals surface area contributed by atoms with Crippen LogP contribution in [0.15, 0.2) is 170 Å². The standard InChI is InChI=1S/C60H91NO8/c1-3-5-7-9-11-13-14-15-16-17-18-19-20-21-22-23-24-25-26-27-28-29-30-31-32-33-34-35-36-37-38-39-40-42-44-46-48-50-56(64)61-53(54(63)49-47-45-43-41-12-10-8-6-4-2)52-68-60-59(67)58(66)57(65)55(51-62)69-60/h4-7,11-13,15-16,18-19,21-22,24-25,27-28,30-31,33-34,36-37,39-41,47,49,53-55,57-60,62-63,65-67H,3,8-10,14,17,20,23,26,29,32,35,38,42-46,48,50-52H2,1-2H3,(H,61,64)/b6-4+,7-5-,13-11-,16-15-,19-18-,22-21-,25-24-,28-27-,31-30-,34-33-,37-36-,40-39-,41-12+,49-47+. The number of unbranched alkanes of at least 4 members (excludes halogenated alkanes) is 5. The van der Waals surface area contributed by atoms with Gasteiger partial charge in [0.2, 0.25) is 5.91 Å². The van der Waals surface area contributed by atoms with Crippen molar-refractivity contribution in [3.63, 3.8) is 0 Å². The third kappa shape index (κ3) is 37.1. The van der Waals surface area contributed by atoms with Crippen molar-refractivity contribution in [3.8, 4) is 0 Å². The molecule has 0 spiro atoms. The first-order chi connectivity index (χ1) is 33.8. The van der Waals surface area contributed by atoms with E-state index in [0.717, 1.165) is 109 Å². The van der Waals surface area contributed by atoms with E-state index in [9.17, 15) is 30.3 Å². The van der Waals surface area contributed by atoms with Gasteiger partial charge in [0.15, 0.2) is 6.29 Å². The van der Waals surface area contributed by atoms with Gasteiger partial charge < -0.3 is 40.3 Å². The van der Waals surface area contributed by atoms with Crippen molar-refractivity contribution in [3.05, 3.63) is 170 Å². The molecule has 9 heteroatoms. The predicted molar refractivity (Wildman–Crippen MR) is 289 cm³/mol. The average Bonchev–Trinajstić information content (AvgIpc) is 3.35. The van der Waals surface area contributed by atoms with Crippen LogP contribution >= 0.6 is 0 Å². The fourth-order valence-corrected chi connectivity index (χ4v) is 6.78. The van der Waals surface area contributed by atoms with Gasteiger partial charge in [0.25, 0.3) is 0 Å². The molecule has 6 N–H and O–H groups in total. The Morgan fingerprint density at radius 2 is 0.928 bits per heavy atom. The number of amides is 1. The number of ether oxygens (including phenoxy) is 2. The summed E-state index contributed by atoms with van der Waals surface area (Å²) in [6.45, 7) is 3.34. The molecule has 1 saturated heterocycles. The second-order valence-corrected chi connectivity index (χ2v) is 16.9. The molecule has 1 aliphatic rings. The molecule has 9 nitrogen and oxygen atoms in total. The van der Waals surface area contributed by atoms with Crippen LogP contribution in [0.1, 0.15) is 142 Å². The molecule has 0 saturated carbocycles. The maximum Gasteiger partial charge on any atom is 0.220 e. The second kappa shape index (κ2) is 47.2. The predicted octanol–water partition coefficient (Wildman–Crippen LogP) is 12.3. The minimum atomic E-state index is -1.59. The van der Waals surface area contributed by atoms with E-state index in [1.807, 2.05) is 19.1 Å². The van der Waals surface area contributed by atoms with E-state index < -0.39 is 49.5 Å². The minimum Gasteiger partial charge on any atom is -0.394 e. The molecule has 0 aromatic carbocycles. The lowest BCUT2D eigenvalue weighted by atomic mass is 9.99. The number of carbonyl (C=O) groups excluding carboxylic acids is 1. The van der Waals surface area contributed by atoms with Gasteiger partial charge in [-0.1, -0.05) is 183 Å². The zero-order valence-electron chi connectivity index (χ0n) is 42.2. The van der Waals surface area contributed by atoms with Gasteiger partial charge in [-0.15, -0.1) is 0 Å². The van der Waals surface area contributed by atoms with Crippen LogP contribution in [0.5, 0.6) is 0 Å². The number of hydrogen-bond acceptors (Lipinski definition) is 8. The van der Waals surface area contributed by atoms with E-state index in [2.05, 4.69) is 164 Å². The third-order valence-corrected chi connectivity index (χ3v) is 10.8. The molecule has 7 unspecified atom stereocenters. The molecule has 69 heavy (non-hydrogen) atoms. The normalized spacial score (nSPS) is 20.9. The summed E-state index contributed by atoms with van der Waals surface area (Å²) in [5.41, 5.74) is 0.